The van der Waals surface area contributed by atoms with E-state index in [-0.39, 0.29) is 5.92 Å². The Morgan fingerprint density at radius 1 is 1.37 bits per heavy atom. The van der Waals surface area contributed by atoms with Gasteiger partial charge in [-0.25, -0.2) is 0 Å². The zero-order chi connectivity index (χ0) is 13.8. The van der Waals surface area contributed by atoms with E-state index < -0.39 is 5.97 Å². The molecule has 19 heavy (non-hydrogen) atoms. The van der Waals surface area contributed by atoms with Crippen LogP contribution in [-0.2, 0) is 11.3 Å². The van der Waals surface area contributed by atoms with Crippen molar-refractivity contribution in [3.05, 3.63) is 42.1 Å². The lowest BCUT2D eigenvalue weighted by molar-refractivity contribution is -0.141. The maximum Gasteiger partial charge on any atom is 0.307 e. The number of carbonyl (C=O) groups is 1. The smallest absolute Gasteiger partial charge is 0.307 e. The molecule has 0 radical (unpaired) electrons. The Morgan fingerprint density at radius 3 is 2.84 bits per heavy atom. The van der Waals surface area contributed by atoms with E-state index in [1.54, 1.807) is 13.1 Å². The molecule has 0 bridgehead atoms. The summed E-state index contributed by atoms with van der Waals surface area (Å²) in [7, 11) is 1.94. The van der Waals surface area contributed by atoms with Gasteiger partial charge in [-0.2, -0.15) is 0 Å². The molecule has 2 rings (SSSR count). The van der Waals surface area contributed by atoms with Gasteiger partial charge in [0, 0.05) is 24.7 Å². The van der Waals surface area contributed by atoms with Gasteiger partial charge in [0.15, 0.2) is 0 Å². The van der Waals surface area contributed by atoms with Crippen LogP contribution in [-0.4, -0.2) is 34.6 Å². The summed E-state index contributed by atoms with van der Waals surface area (Å²) in [5.74, 6) is -1.12. The van der Waals surface area contributed by atoms with Gasteiger partial charge in [-0.15, -0.1) is 0 Å². The number of aliphatic carboxylic acids is 1. The molecule has 0 aliphatic carbocycles. The molecule has 4 heteroatoms. The molecule has 1 unspecified atom stereocenters. The van der Waals surface area contributed by atoms with Crippen molar-refractivity contribution in [3.63, 3.8) is 0 Å². The Hall–Kier alpha value is -1.94. The molecule has 1 N–H and O–H groups in total. The fourth-order valence-corrected chi connectivity index (χ4v) is 2.19. The lowest BCUT2D eigenvalue weighted by Gasteiger charge is -2.19. The minimum Gasteiger partial charge on any atom is -0.481 e. The number of rotatable bonds is 5. The molecule has 0 spiro atoms. The topological polar surface area (TPSA) is 53.4 Å². The Morgan fingerprint density at radius 2 is 2.11 bits per heavy atom. The first-order valence-electron chi connectivity index (χ1n) is 6.32. The summed E-state index contributed by atoms with van der Waals surface area (Å²) >= 11 is 0. The van der Waals surface area contributed by atoms with Crippen LogP contribution in [0.3, 0.4) is 0 Å². The zero-order valence-corrected chi connectivity index (χ0v) is 11.2. The molecule has 0 aliphatic rings. The number of hydrogen-bond acceptors (Lipinski definition) is 3. The van der Waals surface area contributed by atoms with Crippen LogP contribution in [0.15, 0.2) is 36.5 Å². The van der Waals surface area contributed by atoms with Crippen molar-refractivity contribution in [1.82, 2.24) is 9.88 Å². The van der Waals surface area contributed by atoms with E-state index in [1.165, 1.54) is 5.56 Å². The number of pyridine rings is 1. The van der Waals surface area contributed by atoms with Gasteiger partial charge in [0.1, 0.15) is 0 Å². The fourth-order valence-electron chi connectivity index (χ4n) is 2.19. The molecule has 0 saturated carbocycles. The first-order valence-corrected chi connectivity index (χ1v) is 6.32. The average molecular weight is 258 g/mol. The van der Waals surface area contributed by atoms with Gasteiger partial charge in [-0.1, -0.05) is 25.1 Å². The van der Waals surface area contributed by atoms with E-state index in [0.717, 1.165) is 17.4 Å². The van der Waals surface area contributed by atoms with Crippen LogP contribution in [0.4, 0.5) is 0 Å². The number of nitrogens with zero attached hydrogens (tertiary/aromatic N) is 2. The zero-order valence-electron chi connectivity index (χ0n) is 11.2. The van der Waals surface area contributed by atoms with E-state index in [1.807, 2.05) is 42.3 Å². The first-order chi connectivity index (χ1) is 9.08. The van der Waals surface area contributed by atoms with Crippen molar-refractivity contribution < 1.29 is 9.90 Å². The third-order valence-corrected chi connectivity index (χ3v) is 3.19. The SMILES string of the molecule is CC(CN(C)Cc1ccnc2ccccc12)C(=O)O. The van der Waals surface area contributed by atoms with E-state index in [9.17, 15) is 4.79 Å². The first kappa shape index (κ1) is 13.5. The Balaban J connectivity index is 2.15. The third-order valence-electron chi connectivity index (χ3n) is 3.19. The van der Waals surface area contributed by atoms with Crippen LogP contribution in [0.25, 0.3) is 10.9 Å². The van der Waals surface area contributed by atoms with Gasteiger partial charge in [0.25, 0.3) is 0 Å². The van der Waals surface area contributed by atoms with Crippen molar-refractivity contribution in [1.29, 1.82) is 0 Å². The molecule has 0 amide bonds. The number of aromatic nitrogens is 1. The molecule has 0 aliphatic heterocycles. The molecule has 1 aromatic carbocycles. The summed E-state index contributed by atoms with van der Waals surface area (Å²) in [5, 5.41) is 10.1. The second kappa shape index (κ2) is 5.80. The number of carboxylic acid groups (broad SMARTS) is 1. The second-order valence-corrected chi connectivity index (χ2v) is 4.92. The lowest BCUT2D eigenvalue weighted by Crippen LogP contribution is -2.28. The van der Waals surface area contributed by atoms with Crippen LogP contribution in [0, 0.1) is 5.92 Å². The normalized spacial score (nSPS) is 12.8. The molecule has 0 saturated heterocycles. The summed E-state index contributed by atoms with van der Waals surface area (Å²) < 4.78 is 0. The number of carboxylic acids is 1. The Bertz CT molecular complexity index is 578. The number of benzene rings is 1. The highest BCUT2D eigenvalue weighted by molar-refractivity contribution is 5.81. The summed E-state index contributed by atoms with van der Waals surface area (Å²) in [6, 6.07) is 9.98. The quantitative estimate of drug-likeness (QED) is 0.894. The summed E-state index contributed by atoms with van der Waals surface area (Å²) in [5.41, 5.74) is 2.14. The fraction of sp³-hybridized carbons (Fsp3) is 0.333. The Kier molecular flexibility index (Phi) is 4.12. The minimum atomic E-state index is -0.758. The van der Waals surface area contributed by atoms with Crippen LogP contribution in [0.5, 0.6) is 0 Å². The van der Waals surface area contributed by atoms with Crippen molar-refractivity contribution in [2.75, 3.05) is 13.6 Å². The predicted octanol–water partition coefficient (Wildman–Crippen LogP) is 2.39. The summed E-state index contributed by atoms with van der Waals surface area (Å²) in [6.07, 6.45) is 1.80. The van der Waals surface area contributed by atoms with Gasteiger partial charge < -0.3 is 10.0 Å². The van der Waals surface area contributed by atoms with Crippen molar-refractivity contribution in [2.24, 2.45) is 5.92 Å². The average Bonchev–Trinajstić information content (AvgIpc) is 2.39. The number of para-hydroxylation sites is 1. The lowest BCUT2D eigenvalue weighted by atomic mass is 10.1. The third kappa shape index (κ3) is 3.29. The van der Waals surface area contributed by atoms with Crippen molar-refractivity contribution >= 4 is 16.9 Å². The molecule has 100 valence electrons. The molecule has 4 nitrogen and oxygen atoms in total. The van der Waals surface area contributed by atoms with E-state index in [0.29, 0.717) is 6.54 Å². The highest BCUT2D eigenvalue weighted by Gasteiger charge is 2.14. The molecule has 1 aromatic heterocycles. The van der Waals surface area contributed by atoms with Crippen molar-refractivity contribution in [3.8, 4) is 0 Å². The molecule has 1 heterocycles. The van der Waals surface area contributed by atoms with Gasteiger partial charge in [0.05, 0.1) is 11.4 Å². The predicted molar refractivity (Wildman–Crippen MR) is 74.9 cm³/mol. The monoisotopic (exact) mass is 258 g/mol. The number of fused-ring (bicyclic) bond motifs is 1. The van der Waals surface area contributed by atoms with Crippen LogP contribution >= 0.6 is 0 Å². The molecular weight excluding hydrogens is 240 g/mol. The van der Waals surface area contributed by atoms with Crippen LogP contribution in [0.2, 0.25) is 0 Å². The van der Waals surface area contributed by atoms with Crippen LogP contribution in [0.1, 0.15) is 12.5 Å². The molecule has 0 fully saturated rings. The van der Waals surface area contributed by atoms with Crippen molar-refractivity contribution in [2.45, 2.75) is 13.5 Å². The maximum atomic E-state index is 10.9. The minimum absolute atomic E-state index is 0.363. The largest absolute Gasteiger partial charge is 0.481 e. The summed E-state index contributed by atoms with van der Waals surface area (Å²) in [4.78, 5) is 17.2. The molecule has 2 aromatic rings. The van der Waals surface area contributed by atoms with Gasteiger partial charge in [0.2, 0.25) is 0 Å². The second-order valence-electron chi connectivity index (χ2n) is 4.92. The standard InChI is InChI=1S/C15H18N2O2/c1-11(15(18)19)9-17(2)10-12-7-8-16-14-6-4-3-5-13(12)14/h3-8,11H,9-10H2,1-2H3,(H,18,19). The number of hydrogen-bond donors (Lipinski definition) is 1. The molecule has 1 atom stereocenters. The van der Waals surface area contributed by atoms with Gasteiger partial charge >= 0.3 is 5.97 Å². The van der Waals surface area contributed by atoms with E-state index >= 15 is 0 Å². The Labute approximate surface area is 112 Å². The molecular formula is C15H18N2O2. The maximum absolute atomic E-state index is 10.9. The van der Waals surface area contributed by atoms with Crippen LogP contribution < -0.4 is 0 Å². The highest BCUT2D eigenvalue weighted by atomic mass is 16.4. The van der Waals surface area contributed by atoms with Gasteiger partial charge in [-0.3, -0.25) is 9.78 Å². The van der Waals surface area contributed by atoms with E-state index in [4.69, 9.17) is 5.11 Å². The summed E-state index contributed by atoms with van der Waals surface area (Å²) in [6.45, 7) is 2.98. The highest BCUT2D eigenvalue weighted by Crippen LogP contribution is 2.17. The van der Waals surface area contributed by atoms with E-state index in [2.05, 4.69) is 4.98 Å². The van der Waals surface area contributed by atoms with Gasteiger partial charge in [-0.05, 0) is 24.7 Å².